The molecule has 0 unspecified atom stereocenters. The molecule has 0 N–H and O–H groups in total. The summed E-state index contributed by atoms with van der Waals surface area (Å²) in [4.78, 5) is 43.5. The Morgan fingerprint density at radius 1 is 1.02 bits per heavy atom. The van der Waals surface area contributed by atoms with Gasteiger partial charge in [-0.2, -0.15) is 0 Å². The van der Waals surface area contributed by atoms with Crippen LogP contribution in [0.3, 0.4) is 0 Å². The van der Waals surface area contributed by atoms with Gasteiger partial charge in [0, 0.05) is 57.0 Å². The summed E-state index contributed by atoms with van der Waals surface area (Å²) in [5, 5.41) is 0. The molecular weight excluding hydrogens is 522 g/mol. The Morgan fingerprint density at radius 3 is 2.49 bits per heavy atom. The van der Waals surface area contributed by atoms with Gasteiger partial charge in [-0.05, 0) is 64.6 Å². The number of amides is 2. The van der Waals surface area contributed by atoms with E-state index in [1.807, 2.05) is 51.2 Å². The first-order valence-corrected chi connectivity index (χ1v) is 15.4. The van der Waals surface area contributed by atoms with Crippen LogP contribution in [0.15, 0.2) is 36.0 Å². The lowest BCUT2D eigenvalue weighted by Gasteiger charge is -2.32. The van der Waals surface area contributed by atoms with E-state index < -0.39 is 6.10 Å². The van der Waals surface area contributed by atoms with Crippen molar-refractivity contribution in [3.63, 3.8) is 0 Å². The number of carbonyl (C=O) groups is 3. The number of piperazine rings is 1. The van der Waals surface area contributed by atoms with Gasteiger partial charge in [-0.25, -0.2) is 9.59 Å². The van der Waals surface area contributed by atoms with Crippen LogP contribution in [-0.2, 0) is 19.0 Å². The minimum absolute atomic E-state index is 0.0489. The van der Waals surface area contributed by atoms with Crippen LogP contribution in [0.2, 0.25) is 0 Å². The molecule has 3 aliphatic rings. The summed E-state index contributed by atoms with van der Waals surface area (Å²) in [7, 11) is 2.06. The number of esters is 1. The summed E-state index contributed by atoms with van der Waals surface area (Å²) in [5.74, 6) is -0.247. The van der Waals surface area contributed by atoms with Gasteiger partial charge in [0.05, 0.1) is 6.61 Å². The molecule has 230 valence electrons. The zero-order chi connectivity index (χ0) is 29.8. The maximum atomic E-state index is 12.8. The fourth-order valence-electron chi connectivity index (χ4n) is 5.43. The van der Waals surface area contributed by atoms with Crippen molar-refractivity contribution in [3.05, 3.63) is 36.0 Å². The lowest BCUT2D eigenvalue weighted by atomic mass is 9.95. The molecule has 9 nitrogen and oxygen atoms in total. The second kappa shape index (κ2) is 16.6. The van der Waals surface area contributed by atoms with Gasteiger partial charge in [0.1, 0.15) is 12.2 Å². The molecule has 3 heterocycles. The molecule has 3 aliphatic heterocycles. The van der Waals surface area contributed by atoms with Crippen molar-refractivity contribution in [2.24, 2.45) is 11.8 Å². The van der Waals surface area contributed by atoms with Gasteiger partial charge in [0.2, 0.25) is 0 Å². The lowest BCUT2D eigenvalue weighted by Crippen LogP contribution is -2.47. The molecule has 9 heteroatoms. The second-order valence-corrected chi connectivity index (χ2v) is 12.0. The van der Waals surface area contributed by atoms with E-state index in [-0.39, 0.29) is 42.1 Å². The van der Waals surface area contributed by atoms with E-state index in [2.05, 4.69) is 18.9 Å². The Bertz CT molecular complexity index is 955. The number of cyclic esters (lactones) is 1. The number of nitrogens with zero attached hydrogens (tertiary/aromatic N) is 3. The first kappa shape index (κ1) is 32.7. The highest BCUT2D eigenvalue weighted by Crippen LogP contribution is 2.23. The van der Waals surface area contributed by atoms with Crippen molar-refractivity contribution in [1.82, 2.24) is 14.7 Å². The first-order valence-electron chi connectivity index (χ1n) is 15.4. The maximum absolute atomic E-state index is 12.8. The Morgan fingerprint density at radius 2 is 1.78 bits per heavy atom. The van der Waals surface area contributed by atoms with Crippen LogP contribution in [0.4, 0.5) is 9.59 Å². The largest absolute Gasteiger partial charge is 0.457 e. The number of hydrogen-bond donors (Lipinski definition) is 0. The van der Waals surface area contributed by atoms with Crippen LogP contribution in [0.1, 0.15) is 72.6 Å². The molecule has 3 rings (SSSR count). The van der Waals surface area contributed by atoms with E-state index in [0.29, 0.717) is 26.1 Å². The van der Waals surface area contributed by atoms with Gasteiger partial charge >= 0.3 is 18.2 Å². The molecule has 0 spiro atoms. The first-order chi connectivity index (χ1) is 19.6. The van der Waals surface area contributed by atoms with Crippen LogP contribution in [-0.4, -0.2) is 97.5 Å². The Hall–Kier alpha value is -2.81. The van der Waals surface area contributed by atoms with Crippen LogP contribution in [0, 0.1) is 11.8 Å². The standard InChI is InChI=1S/C32H51N3O6/c1-24(23-39-32(38)35-18-10-13-27(35)4)11-9-12-25(2)30-26(3)16-17-28(14-7-6-8-15-29(36)41-30)40-31(37)34-21-19-33(5)20-22-34/h9,11-12,16-17,24,26-28,30H,6-8,10,13-15,18-23H2,1-5H3/b11-9+,17-16-,25-12+/t24-,26+,27+,28-,30-/m1/s1. The molecule has 0 bridgehead atoms. The monoisotopic (exact) mass is 573 g/mol. The van der Waals surface area contributed by atoms with Gasteiger partial charge in [0.15, 0.2) is 0 Å². The zero-order valence-corrected chi connectivity index (χ0v) is 25.8. The van der Waals surface area contributed by atoms with E-state index >= 15 is 0 Å². The number of rotatable bonds is 6. The predicted molar refractivity (Wildman–Crippen MR) is 159 cm³/mol. The van der Waals surface area contributed by atoms with Crippen molar-refractivity contribution in [2.75, 3.05) is 46.4 Å². The van der Waals surface area contributed by atoms with Crippen molar-refractivity contribution < 1.29 is 28.6 Å². The highest BCUT2D eigenvalue weighted by molar-refractivity contribution is 5.70. The van der Waals surface area contributed by atoms with Crippen LogP contribution < -0.4 is 0 Å². The summed E-state index contributed by atoms with van der Waals surface area (Å²) < 4.78 is 17.4. The number of likely N-dealkylation sites (tertiary alicyclic amines) is 1. The third-order valence-corrected chi connectivity index (χ3v) is 8.25. The third kappa shape index (κ3) is 10.8. The molecule has 0 aromatic carbocycles. The van der Waals surface area contributed by atoms with Crippen molar-refractivity contribution >= 4 is 18.2 Å². The van der Waals surface area contributed by atoms with Crippen molar-refractivity contribution in [2.45, 2.75) is 90.9 Å². The molecule has 0 radical (unpaired) electrons. The minimum Gasteiger partial charge on any atom is -0.457 e. The summed E-state index contributed by atoms with van der Waals surface area (Å²) in [5.41, 5.74) is 0.921. The molecule has 0 saturated carbocycles. The number of ether oxygens (including phenoxy) is 3. The highest BCUT2D eigenvalue weighted by Gasteiger charge is 2.27. The molecular formula is C32H51N3O6. The Balaban J connectivity index is 1.59. The zero-order valence-electron chi connectivity index (χ0n) is 25.8. The summed E-state index contributed by atoms with van der Waals surface area (Å²) >= 11 is 0. The SMILES string of the molecule is C/C(=C\C=C\[C@@H](C)COC(=O)N1CCC[C@@H]1C)[C@H]1OC(=O)CCCCC[C@@H](OC(=O)N2CCN(C)CC2)/C=C\[C@@H]1C. The van der Waals surface area contributed by atoms with Crippen molar-refractivity contribution in [3.8, 4) is 0 Å². The number of carbonyl (C=O) groups excluding carboxylic acids is 3. The molecule has 2 amide bonds. The normalized spacial score (nSPS) is 28.9. The average molecular weight is 574 g/mol. The predicted octanol–water partition coefficient (Wildman–Crippen LogP) is 5.57. The molecule has 0 aliphatic carbocycles. The van der Waals surface area contributed by atoms with E-state index in [4.69, 9.17) is 14.2 Å². The van der Waals surface area contributed by atoms with Gasteiger partial charge in [0.25, 0.3) is 0 Å². The molecule has 0 aromatic rings. The quantitative estimate of drug-likeness (QED) is 0.178. The second-order valence-electron chi connectivity index (χ2n) is 12.0. The molecule has 2 fully saturated rings. The summed E-state index contributed by atoms with van der Waals surface area (Å²) in [6.45, 7) is 12.2. The summed E-state index contributed by atoms with van der Waals surface area (Å²) in [6.07, 6.45) is 14.3. The van der Waals surface area contributed by atoms with E-state index in [1.165, 1.54) is 0 Å². The fourth-order valence-corrected chi connectivity index (χ4v) is 5.43. The molecule has 41 heavy (non-hydrogen) atoms. The van der Waals surface area contributed by atoms with Crippen LogP contribution in [0.5, 0.6) is 0 Å². The van der Waals surface area contributed by atoms with E-state index in [9.17, 15) is 14.4 Å². The van der Waals surface area contributed by atoms with Crippen LogP contribution >= 0.6 is 0 Å². The van der Waals surface area contributed by atoms with Gasteiger partial charge in [-0.15, -0.1) is 0 Å². The lowest BCUT2D eigenvalue weighted by molar-refractivity contribution is -0.148. The van der Waals surface area contributed by atoms with E-state index in [0.717, 1.165) is 63.7 Å². The van der Waals surface area contributed by atoms with Gasteiger partial charge < -0.3 is 28.9 Å². The molecule has 0 aromatic heterocycles. The topological polar surface area (TPSA) is 88.6 Å². The number of likely N-dealkylation sites (N-methyl/N-ethyl adjacent to an activating group) is 1. The molecule has 5 atom stereocenters. The van der Waals surface area contributed by atoms with E-state index in [1.54, 1.807) is 9.80 Å². The van der Waals surface area contributed by atoms with Crippen molar-refractivity contribution in [1.29, 1.82) is 0 Å². The van der Waals surface area contributed by atoms with Crippen LogP contribution in [0.25, 0.3) is 0 Å². The molecule has 2 saturated heterocycles. The number of hydrogen-bond acceptors (Lipinski definition) is 7. The smallest absolute Gasteiger partial charge is 0.410 e. The fraction of sp³-hybridized carbons (Fsp3) is 0.719. The minimum atomic E-state index is -0.429. The third-order valence-electron chi connectivity index (χ3n) is 8.25. The Kier molecular flexibility index (Phi) is 13.2. The highest BCUT2D eigenvalue weighted by atomic mass is 16.6. The van der Waals surface area contributed by atoms with Gasteiger partial charge in [-0.3, -0.25) is 4.79 Å². The Labute approximate surface area is 246 Å². The van der Waals surface area contributed by atoms with Gasteiger partial charge in [-0.1, -0.05) is 44.6 Å². The maximum Gasteiger partial charge on any atom is 0.410 e. The average Bonchev–Trinajstić information content (AvgIpc) is 3.38. The summed E-state index contributed by atoms with van der Waals surface area (Å²) in [6, 6.07) is 0.239. The number of allylic oxidation sites excluding steroid dienone is 2.